The first-order chi connectivity index (χ1) is 5.97. The molecule has 1 aliphatic rings. The first-order valence-corrected chi connectivity index (χ1v) is 4.03. The molecule has 0 radical (unpaired) electrons. The van der Waals surface area contributed by atoms with Crippen LogP contribution in [0.2, 0.25) is 0 Å². The Morgan fingerprint density at radius 1 is 1.85 bits per heavy atom. The number of aliphatic hydroxyl groups excluding tert-OH is 1. The zero-order valence-corrected chi connectivity index (χ0v) is 7.34. The Morgan fingerprint density at radius 3 is 2.85 bits per heavy atom. The summed E-state index contributed by atoms with van der Waals surface area (Å²) in [7, 11) is 0. The van der Waals surface area contributed by atoms with Crippen LogP contribution in [-0.2, 0) is 4.74 Å². The lowest BCUT2D eigenvalue weighted by Crippen LogP contribution is -2.33. The predicted molar refractivity (Wildman–Crippen MR) is 44.4 cm³/mol. The van der Waals surface area contributed by atoms with Gasteiger partial charge in [0, 0.05) is 6.42 Å². The van der Waals surface area contributed by atoms with Gasteiger partial charge in [-0.1, -0.05) is 6.58 Å². The van der Waals surface area contributed by atoms with Crippen LogP contribution in [-0.4, -0.2) is 23.2 Å². The molecule has 1 N–H and O–H groups in total. The highest BCUT2D eigenvalue weighted by atomic mass is 19.3. The average molecular weight is 190 g/mol. The van der Waals surface area contributed by atoms with Gasteiger partial charge < -0.3 is 9.84 Å². The summed E-state index contributed by atoms with van der Waals surface area (Å²) in [5.74, 6) is -3.38. The van der Waals surface area contributed by atoms with Crippen molar-refractivity contribution in [2.75, 3.05) is 0 Å². The largest absolute Gasteiger partial charge is 0.492 e. The number of hydrogen-bond acceptors (Lipinski definition) is 2. The van der Waals surface area contributed by atoms with Gasteiger partial charge in [0.15, 0.2) is 6.10 Å². The molecule has 1 heterocycles. The van der Waals surface area contributed by atoms with Gasteiger partial charge in [-0.2, -0.15) is 8.78 Å². The second-order valence-electron chi connectivity index (χ2n) is 3.05. The fourth-order valence-electron chi connectivity index (χ4n) is 1.09. The molecule has 13 heavy (non-hydrogen) atoms. The summed E-state index contributed by atoms with van der Waals surface area (Å²) in [5, 5.41) is 9.18. The third-order valence-corrected chi connectivity index (χ3v) is 1.89. The summed E-state index contributed by atoms with van der Waals surface area (Å²) in [5.41, 5.74) is 0. The molecule has 0 amide bonds. The van der Waals surface area contributed by atoms with Gasteiger partial charge in [0.25, 0.3) is 5.92 Å². The molecule has 4 heteroatoms. The van der Waals surface area contributed by atoms with E-state index in [2.05, 4.69) is 6.58 Å². The maximum absolute atomic E-state index is 12.8. The molecule has 0 aliphatic carbocycles. The molecule has 0 fully saturated rings. The molecule has 2 atom stereocenters. The molecule has 0 aromatic heterocycles. The monoisotopic (exact) mass is 190 g/mol. The summed E-state index contributed by atoms with van der Waals surface area (Å²) in [6.07, 6.45) is 0.414. The number of aliphatic hydroxyl groups is 1. The van der Waals surface area contributed by atoms with E-state index in [4.69, 9.17) is 4.74 Å². The van der Waals surface area contributed by atoms with Crippen molar-refractivity contribution < 1.29 is 18.6 Å². The molecule has 0 aromatic carbocycles. The first kappa shape index (κ1) is 10.2. The first-order valence-electron chi connectivity index (χ1n) is 4.03. The second-order valence-corrected chi connectivity index (χ2v) is 3.05. The molecule has 1 aliphatic heterocycles. The van der Waals surface area contributed by atoms with Crippen molar-refractivity contribution in [2.45, 2.75) is 31.5 Å². The van der Waals surface area contributed by atoms with Crippen molar-refractivity contribution in [3.8, 4) is 0 Å². The lowest BCUT2D eigenvalue weighted by Gasteiger charge is -2.20. The van der Waals surface area contributed by atoms with Crippen molar-refractivity contribution in [1.82, 2.24) is 0 Å². The van der Waals surface area contributed by atoms with Gasteiger partial charge in [0.2, 0.25) is 0 Å². The van der Waals surface area contributed by atoms with E-state index in [1.165, 1.54) is 6.08 Å². The van der Waals surface area contributed by atoms with E-state index in [-0.39, 0.29) is 11.9 Å². The van der Waals surface area contributed by atoms with Gasteiger partial charge in [0.1, 0.15) is 5.76 Å². The van der Waals surface area contributed by atoms with Crippen LogP contribution in [0.15, 0.2) is 24.5 Å². The summed E-state index contributed by atoms with van der Waals surface area (Å²) < 4.78 is 30.7. The number of hydrogen-bond donors (Lipinski definition) is 1. The van der Waals surface area contributed by atoms with Crippen molar-refractivity contribution >= 4 is 0 Å². The third kappa shape index (κ3) is 2.06. The Morgan fingerprint density at radius 2 is 2.46 bits per heavy atom. The third-order valence-electron chi connectivity index (χ3n) is 1.89. The van der Waals surface area contributed by atoms with Crippen LogP contribution in [0.4, 0.5) is 8.78 Å². The summed E-state index contributed by atoms with van der Waals surface area (Å²) in [4.78, 5) is 0. The maximum Gasteiger partial charge on any atom is 0.298 e. The van der Waals surface area contributed by atoms with Crippen LogP contribution >= 0.6 is 0 Å². The Kier molecular flexibility index (Phi) is 2.71. The minimum atomic E-state index is -3.32. The molecule has 2 unspecified atom stereocenters. The molecule has 0 bridgehead atoms. The van der Waals surface area contributed by atoms with E-state index in [9.17, 15) is 13.9 Å². The second kappa shape index (κ2) is 3.46. The molecular formula is C9H12F2O2. The molecule has 0 saturated heterocycles. The minimum absolute atomic E-state index is 0.0580. The van der Waals surface area contributed by atoms with E-state index in [1.54, 1.807) is 6.92 Å². The Balaban J connectivity index is 2.68. The van der Waals surface area contributed by atoms with Gasteiger partial charge in [0.05, 0.1) is 6.10 Å². The standard InChI is InChI=1S/C9H12F2O2/c1-3-9(10,11)8(12)7-5-4-6(2)13-7/h3,5-6,8,12H,1,4H2,2H3. The topological polar surface area (TPSA) is 29.5 Å². The van der Waals surface area contributed by atoms with Crippen LogP contribution in [0.1, 0.15) is 13.3 Å². The van der Waals surface area contributed by atoms with Crippen LogP contribution in [0, 0.1) is 0 Å². The van der Waals surface area contributed by atoms with Crippen LogP contribution in [0.3, 0.4) is 0 Å². The quantitative estimate of drug-likeness (QED) is 0.688. The molecule has 0 saturated carbocycles. The van der Waals surface area contributed by atoms with Crippen LogP contribution in [0.25, 0.3) is 0 Å². The summed E-state index contributed by atoms with van der Waals surface area (Å²) in [6, 6.07) is 0. The number of halogens is 2. The lowest BCUT2D eigenvalue weighted by atomic mass is 10.1. The smallest absolute Gasteiger partial charge is 0.298 e. The minimum Gasteiger partial charge on any atom is -0.492 e. The fourth-order valence-corrected chi connectivity index (χ4v) is 1.09. The van der Waals surface area contributed by atoms with E-state index in [1.807, 2.05) is 0 Å². The summed E-state index contributed by atoms with van der Waals surface area (Å²) >= 11 is 0. The SMILES string of the molecule is C=CC(F)(F)C(O)C1=CCC(C)O1. The molecule has 2 nitrogen and oxygen atoms in total. The van der Waals surface area contributed by atoms with E-state index < -0.39 is 12.0 Å². The van der Waals surface area contributed by atoms with Crippen molar-refractivity contribution in [3.63, 3.8) is 0 Å². The van der Waals surface area contributed by atoms with Gasteiger partial charge >= 0.3 is 0 Å². The predicted octanol–water partition coefficient (Wildman–Crippen LogP) is 1.86. The number of rotatable bonds is 3. The average Bonchev–Trinajstić information content (AvgIpc) is 2.50. The molecule has 0 aromatic rings. The van der Waals surface area contributed by atoms with Crippen molar-refractivity contribution in [1.29, 1.82) is 0 Å². The molecule has 1 rings (SSSR count). The van der Waals surface area contributed by atoms with Crippen LogP contribution < -0.4 is 0 Å². The van der Waals surface area contributed by atoms with Crippen molar-refractivity contribution in [3.05, 3.63) is 24.5 Å². The lowest BCUT2D eigenvalue weighted by molar-refractivity contribution is -0.0754. The molecular weight excluding hydrogens is 178 g/mol. The number of alkyl halides is 2. The Bertz CT molecular complexity index is 236. The molecule has 74 valence electrons. The van der Waals surface area contributed by atoms with Gasteiger partial charge in [-0.25, -0.2) is 0 Å². The fraction of sp³-hybridized carbons (Fsp3) is 0.556. The zero-order valence-electron chi connectivity index (χ0n) is 7.34. The zero-order chi connectivity index (χ0) is 10.1. The van der Waals surface area contributed by atoms with E-state index >= 15 is 0 Å². The Labute approximate surface area is 75.5 Å². The highest BCUT2D eigenvalue weighted by molar-refractivity contribution is 5.13. The van der Waals surface area contributed by atoms with Crippen molar-refractivity contribution in [2.24, 2.45) is 0 Å². The highest BCUT2D eigenvalue weighted by Crippen LogP contribution is 2.29. The maximum atomic E-state index is 12.8. The normalized spacial score (nSPS) is 24.9. The summed E-state index contributed by atoms with van der Waals surface area (Å²) in [6.45, 7) is 4.70. The van der Waals surface area contributed by atoms with Gasteiger partial charge in [-0.15, -0.1) is 0 Å². The molecule has 0 spiro atoms. The van der Waals surface area contributed by atoms with E-state index in [0.717, 1.165) is 0 Å². The highest BCUT2D eigenvalue weighted by Gasteiger charge is 2.40. The van der Waals surface area contributed by atoms with Gasteiger partial charge in [-0.3, -0.25) is 0 Å². The van der Waals surface area contributed by atoms with Gasteiger partial charge in [-0.05, 0) is 19.1 Å². The van der Waals surface area contributed by atoms with E-state index in [0.29, 0.717) is 12.5 Å². The van der Waals surface area contributed by atoms with Crippen LogP contribution in [0.5, 0.6) is 0 Å². The number of ether oxygens (including phenoxy) is 1. The Hall–Kier alpha value is -0.900.